The van der Waals surface area contributed by atoms with Crippen LogP contribution in [0.4, 0.5) is 0 Å². The van der Waals surface area contributed by atoms with E-state index in [1.165, 1.54) is 0 Å². The quantitative estimate of drug-likeness (QED) is 0.811. The summed E-state index contributed by atoms with van der Waals surface area (Å²) < 4.78 is 0. The van der Waals surface area contributed by atoms with E-state index in [2.05, 4.69) is 41.5 Å². The number of aromatic nitrogens is 1. The van der Waals surface area contributed by atoms with Gasteiger partial charge in [-0.2, -0.15) is 0 Å². The van der Waals surface area contributed by atoms with Crippen molar-refractivity contribution in [2.45, 2.75) is 25.7 Å². The lowest BCUT2D eigenvalue weighted by Gasteiger charge is -2.22. The van der Waals surface area contributed by atoms with Crippen LogP contribution in [0.25, 0.3) is 12.2 Å². The van der Waals surface area contributed by atoms with Crippen LogP contribution in [0, 0.1) is 5.92 Å². The largest absolute Gasteiger partial charge is 0.322 e. The average Bonchev–Trinajstić information content (AvgIpc) is 2.61. The van der Waals surface area contributed by atoms with Gasteiger partial charge in [-0.05, 0) is 55.5 Å². The van der Waals surface area contributed by atoms with Crippen molar-refractivity contribution >= 4 is 12.2 Å². The third kappa shape index (κ3) is 2.56. The molecule has 2 N–H and O–H groups in total. The molecular weight excluding hydrogens is 236 g/mol. The fourth-order valence-electron chi connectivity index (χ4n) is 2.86. The van der Waals surface area contributed by atoms with Crippen molar-refractivity contribution in [3.63, 3.8) is 0 Å². The van der Waals surface area contributed by atoms with Gasteiger partial charge in [-0.3, -0.25) is 4.79 Å². The van der Waals surface area contributed by atoms with Crippen LogP contribution in [-0.4, -0.2) is 18.1 Å². The molecule has 0 amide bonds. The number of hydrogen-bond acceptors (Lipinski definition) is 2. The molecular formula is C16H20N2O. The Balaban J connectivity index is 2.02. The fourth-order valence-corrected chi connectivity index (χ4v) is 2.86. The van der Waals surface area contributed by atoms with Gasteiger partial charge in [0.1, 0.15) is 0 Å². The van der Waals surface area contributed by atoms with E-state index in [4.69, 9.17) is 0 Å². The van der Waals surface area contributed by atoms with Crippen LogP contribution in [0.15, 0.2) is 23.0 Å². The Kier molecular flexibility index (Phi) is 3.38. The Morgan fingerprint density at radius 2 is 1.89 bits per heavy atom. The van der Waals surface area contributed by atoms with Crippen molar-refractivity contribution in [1.29, 1.82) is 0 Å². The summed E-state index contributed by atoms with van der Waals surface area (Å²) in [5, 5.41) is 3.34. The van der Waals surface area contributed by atoms with Gasteiger partial charge in [-0.1, -0.05) is 25.2 Å². The van der Waals surface area contributed by atoms with Crippen molar-refractivity contribution in [2.24, 2.45) is 5.92 Å². The molecule has 1 unspecified atom stereocenters. The summed E-state index contributed by atoms with van der Waals surface area (Å²) in [5.74, 6) is 0.812. The van der Waals surface area contributed by atoms with E-state index < -0.39 is 0 Å². The van der Waals surface area contributed by atoms with Gasteiger partial charge >= 0.3 is 0 Å². The number of H-pyrrole nitrogens is 1. The smallest absolute Gasteiger partial charge is 0.251 e. The Morgan fingerprint density at radius 3 is 2.68 bits per heavy atom. The predicted molar refractivity (Wildman–Crippen MR) is 79.1 cm³/mol. The first-order chi connectivity index (χ1) is 9.24. The highest BCUT2D eigenvalue weighted by molar-refractivity contribution is 5.65. The van der Waals surface area contributed by atoms with E-state index in [-0.39, 0.29) is 5.56 Å². The molecule has 0 aromatic carbocycles. The summed E-state index contributed by atoms with van der Waals surface area (Å²) in [7, 11) is 0. The SMILES string of the molecule is CC1C=Cc2cc(C3CCNCC3)c(=O)[nH]c2C=C1. The zero-order valence-electron chi connectivity index (χ0n) is 11.3. The van der Waals surface area contributed by atoms with Crippen molar-refractivity contribution in [1.82, 2.24) is 10.3 Å². The average molecular weight is 256 g/mol. The third-order valence-electron chi connectivity index (χ3n) is 4.06. The van der Waals surface area contributed by atoms with Crippen molar-refractivity contribution in [3.8, 4) is 0 Å². The Labute approximate surface area is 113 Å². The van der Waals surface area contributed by atoms with Crippen LogP contribution in [0.2, 0.25) is 0 Å². The van der Waals surface area contributed by atoms with Crippen LogP contribution in [0.1, 0.15) is 42.5 Å². The summed E-state index contributed by atoms with van der Waals surface area (Å²) >= 11 is 0. The van der Waals surface area contributed by atoms with E-state index in [1.54, 1.807) is 0 Å². The molecule has 2 aliphatic rings. The van der Waals surface area contributed by atoms with Crippen LogP contribution < -0.4 is 10.9 Å². The van der Waals surface area contributed by atoms with Crippen LogP contribution in [0.3, 0.4) is 0 Å². The second kappa shape index (κ2) is 5.17. The van der Waals surface area contributed by atoms with Gasteiger partial charge in [-0.15, -0.1) is 0 Å². The lowest BCUT2D eigenvalue weighted by Crippen LogP contribution is -2.29. The lowest BCUT2D eigenvalue weighted by molar-refractivity contribution is 0.457. The van der Waals surface area contributed by atoms with Gasteiger partial charge in [0.15, 0.2) is 0 Å². The normalized spacial score (nSPS) is 23.1. The maximum absolute atomic E-state index is 12.3. The number of aromatic amines is 1. The molecule has 1 aliphatic carbocycles. The maximum Gasteiger partial charge on any atom is 0.251 e. The molecule has 1 saturated heterocycles. The topological polar surface area (TPSA) is 44.9 Å². The molecule has 3 nitrogen and oxygen atoms in total. The van der Waals surface area contributed by atoms with Crippen molar-refractivity contribution in [3.05, 3.63) is 45.4 Å². The molecule has 1 atom stereocenters. The molecule has 3 heteroatoms. The highest BCUT2D eigenvalue weighted by Gasteiger charge is 2.19. The molecule has 1 aromatic heterocycles. The molecule has 1 aliphatic heterocycles. The van der Waals surface area contributed by atoms with Gasteiger partial charge in [0.05, 0.1) is 0 Å². The van der Waals surface area contributed by atoms with Gasteiger partial charge in [0.2, 0.25) is 0 Å². The molecule has 0 spiro atoms. The molecule has 0 bridgehead atoms. The molecule has 100 valence electrons. The van der Waals surface area contributed by atoms with Gasteiger partial charge < -0.3 is 10.3 Å². The standard InChI is InChI=1S/C16H20N2O/c1-11-2-4-13-10-14(12-6-8-17-9-7-12)16(19)18-15(13)5-3-11/h2-5,10-12,17H,6-9H2,1H3,(H,18,19). The van der Waals surface area contributed by atoms with E-state index in [0.29, 0.717) is 11.8 Å². The first-order valence-electron chi connectivity index (χ1n) is 7.08. The number of fused-ring (bicyclic) bond motifs is 1. The molecule has 1 fully saturated rings. The van der Waals surface area contributed by atoms with Crippen molar-refractivity contribution < 1.29 is 0 Å². The van der Waals surface area contributed by atoms with Crippen LogP contribution in [-0.2, 0) is 0 Å². The second-order valence-electron chi connectivity index (χ2n) is 5.52. The second-order valence-corrected chi connectivity index (χ2v) is 5.52. The Morgan fingerprint density at radius 1 is 1.16 bits per heavy atom. The maximum atomic E-state index is 12.3. The summed E-state index contributed by atoms with van der Waals surface area (Å²) in [5.41, 5.74) is 3.10. The van der Waals surface area contributed by atoms with Crippen LogP contribution >= 0.6 is 0 Å². The highest BCUT2D eigenvalue weighted by atomic mass is 16.1. The monoisotopic (exact) mass is 256 g/mol. The zero-order chi connectivity index (χ0) is 13.2. The van der Waals surface area contributed by atoms with E-state index in [9.17, 15) is 4.79 Å². The summed E-state index contributed by atoms with van der Waals surface area (Å²) in [4.78, 5) is 15.3. The van der Waals surface area contributed by atoms with Crippen molar-refractivity contribution in [2.75, 3.05) is 13.1 Å². The highest BCUT2D eigenvalue weighted by Crippen LogP contribution is 2.25. The first-order valence-corrected chi connectivity index (χ1v) is 7.08. The molecule has 0 radical (unpaired) electrons. The summed E-state index contributed by atoms with van der Waals surface area (Å²) in [6, 6.07) is 2.09. The number of piperidine rings is 1. The first kappa shape index (κ1) is 12.4. The number of nitrogens with one attached hydrogen (secondary N) is 2. The molecule has 1 aromatic rings. The predicted octanol–water partition coefficient (Wildman–Crippen LogP) is 2.52. The molecule has 2 heterocycles. The summed E-state index contributed by atoms with van der Waals surface area (Å²) in [6.45, 7) is 4.16. The zero-order valence-corrected chi connectivity index (χ0v) is 11.3. The Hall–Kier alpha value is -1.61. The van der Waals surface area contributed by atoms with E-state index in [1.807, 2.05) is 6.08 Å². The van der Waals surface area contributed by atoms with Crippen LogP contribution in [0.5, 0.6) is 0 Å². The number of allylic oxidation sites excluding steroid dienone is 2. The lowest BCUT2D eigenvalue weighted by atomic mass is 9.90. The minimum Gasteiger partial charge on any atom is -0.322 e. The van der Waals surface area contributed by atoms with Gasteiger partial charge in [0.25, 0.3) is 5.56 Å². The molecule has 19 heavy (non-hydrogen) atoms. The number of hydrogen-bond donors (Lipinski definition) is 2. The van der Waals surface area contributed by atoms with E-state index >= 15 is 0 Å². The minimum atomic E-state index is 0.0817. The number of rotatable bonds is 1. The van der Waals surface area contributed by atoms with Gasteiger partial charge in [-0.25, -0.2) is 0 Å². The number of pyridine rings is 1. The van der Waals surface area contributed by atoms with Gasteiger partial charge in [0, 0.05) is 11.3 Å². The fraction of sp³-hybridized carbons (Fsp3) is 0.438. The van der Waals surface area contributed by atoms with E-state index in [0.717, 1.165) is 42.8 Å². The molecule has 0 saturated carbocycles. The molecule has 3 rings (SSSR count). The third-order valence-corrected chi connectivity index (χ3v) is 4.06. The Bertz CT molecular complexity index is 577. The minimum absolute atomic E-state index is 0.0817. The summed E-state index contributed by atoms with van der Waals surface area (Å²) in [6.07, 6.45) is 10.5.